The molecule has 2 N–H and O–H groups in total. The normalized spacial score (nSPS) is 16.6. The molecule has 1 heterocycles. The van der Waals surface area contributed by atoms with Gasteiger partial charge in [-0.05, 0) is 62.0 Å². The molecule has 0 saturated carbocycles. The minimum absolute atomic E-state index is 0.0207. The number of benzene rings is 2. The van der Waals surface area contributed by atoms with Crippen molar-refractivity contribution in [2.75, 3.05) is 4.90 Å². The number of carbonyl (C=O) groups excluding carboxylic acids is 2. The summed E-state index contributed by atoms with van der Waals surface area (Å²) < 4.78 is 5.27. The first-order valence-electron chi connectivity index (χ1n) is 8.74. The number of carboxylic acids is 1. The predicted molar refractivity (Wildman–Crippen MR) is 112 cm³/mol. The molecule has 0 bridgehead atoms. The van der Waals surface area contributed by atoms with Crippen LogP contribution in [0.2, 0.25) is 0 Å². The molecule has 0 spiro atoms. The second-order valence-electron chi connectivity index (χ2n) is 6.46. The molecule has 0 aromatic heterocycles. The van der Waals surface area contributed by atoms with Crippen molar-refractivity contribution < 1.29 is 24.2 Å². The topological polar surface area (TPSA) is 95.9 Å². The molecule has 0 aliphatic carbocycles. The van der Waals surface area contributed by atoms with E-state index in [1.807, 2.05) is 19.1 Å². The Morgan fingerprint density at radius 2 is 1.76 bits per heavy atom. The lowest BCUT2D eigenvalue weighted by molar-refractivity contribution is -0.144. The van der Waals surface area contributed by atoms with E-state index in [4.69, 9.17) is 22.1 Å². The van der Waals surface area contributed by atoms with Crippen molar-refractivity contribution in [3.05, 3.63) is 65.2 Å². The van der Waals surface area contributed by atoms with Gasteiger partial charge in [0.05, 0.1) is 5.69 Å². The van der Waals surface area contributed by atoms with Crippen LogP contribution in [0, 0.1) is 6.92 Å². The Kier molecular flexibility index (Phi) is 5.74. The Morgan fingerprint density at radius 3 is 2.34 bits per heavy atom. The molecule has 7 nitrogen and oxygen atoms in total. The monoisotopic (exact) mass is 410 g/mol. The number of aliphatic carboxylic acids is 1. The number of aryl methyl sites for hydroxylation is 1. The Morgan fingerprint density at radius 1 is 1.14 bits per heavy atom. The van der Waals surface area contributed by atoms with E-state index in [9.17, 15) is 14.4 Å². The van der Waals surface area contributed by atoms with E-state index in [1.165, 1.54) is 17.9 Å². The molecule has 8 heteroatoms. The third-order valence-corrected chi connectivity index (χ3v) is 4.53. The van der Waals surface area contributed by atoms with Gasteiger partial charge in [0.15, 0.2) is 11.2 Å². The highest BCUT2D eigenvalue weighted by Crippen LogP contribution is 2.23. The number of hydrogen-bond acceptors (Lipinski definition) is 5. The first kappa shape index (κ1) is 20.2. The van der Waals surface area contributed by atoms with Gasteiger partial charge in [-0.2, -0.15) is 0 Å². The summed E-state index contributed by atoms with van der Waals surface area (Å²) in [6.07, 6.45) is 0.458. The van der Waals surface area contributed by atoms with Gasteiger partial charge in [-0.15, -0.1) is 0 Å². The van der Waals surface area contributed by atoms with Crippen molar-refractivity contribution in [3.63, 3.8) is 0 Å². The average molecular weight is 410 g/mol. The summed E-state index contributed by atoms with van der Waals surface area (Å²) in [5.41, 5.74) is 2.11. The third-order valence-electron chi connectivity index (χ3n) is 4.25. The fraction of sp³-hybridized carbons (Fsp3) is 0.143. The molecule has 2 aromatic rings. The number of anilines is 1. The van der Waals surface area contributed by atoms with E-state index in [0.29, 0.717) is 17.0 Å². The highest BCUT2D eigenvalue weighted by Gasteiger charge is 2.34. The van der Waals surface area contributed by atoms with E-state index < -0.39 is 23.9 Å². The molecule has 29 heavy (non-hydrogen) atoms. The van der Waals surface area contributed by atoms with Gasteiger partial charge < -0.3 is 9.84 Å². The van der Waals surface area contributed by atoms with Gasteiger partial charge in [0, 0.05) is 0 Å². The van der Waals surface area contributed by atoms with Gasteiger partial charge in [-0.3, -0.25) is 19.8 Å². The molecule has 148 valence electrons. The predicted octanol–water partition coefficient (Wildman–Crippen LogP) is 2.68. The number of thiocarbonyl (C=S) groups is 1. The molecular weight excluding hydrogens is 392 g/mol. The number of ether oxygens (including phenoxy) is 1. The molecule has 1 aliphatic rings. The van der Waals surface area contributed by atoms with Gasteiger partial charge in [0.25, 0.3) is 11.8 Å². The summed E-state index contributed by atoms with van der Waals surface area (Å²) >= 11 is 5.17. The maximum atomic E-state index is 12.9. The van der Waals surface area contributed by atoms with E-state index in [0.717, 1.165) is 5.56 Å². The van der Waals surface area contributed by atoms with E-state index in [1.54, 1.807) is 36.4 Å². The number of hydrogen-bond donors (Lipinski definition) is 2. The zero-order chi connectivity index (χ0) is 21.1. The maximum absolute atomic E-state index is 12.9. The van der Waals surface area contributed by atoms with Crippen LogP contribution in [0.25, 0.3) is 6.08 Å². The Hall–Kier alpha value is -3.52. The third kappa shape index (κ3) is 4.49. The molecule has 2 aromatic carbocycles. The molecule has 1 saturated heterocycles. The number of amides is 2. The fourth-order valence-corrected chi connectivity index (χ4v) is 2.93. The highest BCUT2D eigenvalue weighted by molar-refractivity contribution is 7.80. The second kappa shape index (κ2) is 8.24. The van der Waals surface area contributed by atoms with Crippen molar-refractivity contribution in [1.82, 2.24) is 5.32 Å². The smallest absolute Gasteiger partial charge is 0.344 e. The average Bonchev–Trinajstić information content (AvgIpc) is 2.67. The summed E-state index contributed by atoms with van der Waals surface area (Å²) in [4.78, 5) is 37.4. The summed E-state index contributed by atoms with van der Waals surface area (Å²) in [6, 6.07) is 13.6. The molecule has 0 radical (unpaired) electrons. The van der Waals surface area contributed by atoms with Crippen LogP contribution in [0.4, 0.5) is 5.69 Å². The quantitative estimate of drug-likeness (QED) is 0.447. The molecule has 1 fully saturated rings. The zero-order valence-electron chi connectivity index (χ0n) is 15.7. The fourth-order valence-electron chi connectivity index (χ4n) is 2.65. The van der Waals surface area contributed by atoms with Crippen LogP contribution < -0.4 is 15.0 Å². The molecule has 3 rings (SSSR count). The number of nitrogens with one attached hydrogen (secondary N) is 1. The Bertz CT molecular complexity index is 1010. The lowest BCUT2D eigenvalue weighted by Crippen LogP contribution is -2.54. The van der Waals surface area contributed by atoms with Crippen LogP contribution in [0.1, 0.15) is 18.1 Å². The minimum atomic E-state index is -1.08. The molecule has 2 amide bonds. The SMILES string of the molecule is Cc1ccc(N2C(=O)/C(=C\c3ccc(O[C@@H](C)C(=O)O)cc3)C(=O)NC2=S)cc1. The standard InChI is InChI=1S/C21H18N2O5S/c1-12-3-7-15(8-4-12)23-19(25)17(18(24)22-21(23)29)11-14-5-9-16(10-6-14)28-13(2)20(26)27/h3-11,13H,1-2H3,(H,26,27)(H,22,24,29)/b17-11-/t13-/m0/s1. The summed E-state index contributed by atoms with van der Waals surface area (Å²) in [7, 11) is 0. The van der Waals surface area contributed by atoms with Crippen LogP contribution in [0.15, 0.2) is 54.1 Å². The van der Waals surface area contributed by atoms with Gasteiger partial charge in [0.2, 0.25) is 0 Å². The molecule has 1 aliphatic heterocycles. The summed E-state index contributed by atoms with van der Waals surface area (Å²) in [5, 5.41) is 11.4. The van der Waals surface area contributed by atoms with Crippen LogP contribution in [0.3, 0.4) is 0 Å². The molecule has 1 atom stereocenters. The van der Waals surface area contributed by atoms with Gasteiger partial charge in [-0.1, -0.05) is 29.8 Å². The van der Waals surface area contributed by atoms with Crippen molar-refractivity contribution in [2.24, 2.45) is 0 Å². The number of nitrogens with zero attached hydrogens (tertiary/aromatic N) is 1. The molecular formula is C21H18N2O5S. The van der Waals surface area contributed by atoms with Gasteiger partial charge in [-0.25, -0.2) is 4.79 Å². The van der Waals surface area contributed by atoms with E-state index in [2.05, 4.69) is 5.32 Å². The number of rotatable bonds is 5. The second-order valence-corrected chi connectivity index (χ2v) is 6.85. The van der Waals surface area contributed by atoms with Crippen molar-refractivity contribution >= 4 is 46.9 Å². The van der Waals surface area contributed by atoms with Crippen LogP contribution in [-0.2, 0) is 14.4 Å². The van der Waals surface area contributed by atoms with Crippen molar-refractivity contribution in [1.29, 1.82) is 0 Å². The Labute approximate surface area is 172 Å². The van der Waals surface area contributed by atoms with Crippen LogP contribution in [0.5, 0.6) is 5.75 Å². The van der Waals surface area contributed by atoms with Crippen molar-refractivity contribution in [3.8, 4) is 5.75 Å². The van der Waals surface area contributed by atoms with Crippen LogP contribution in [-0.4, -0.2) is 34.1 Å². The largest absolute Gasteiger partial charge is 0.479 e. The van der Waals surface area contributed by atoms with E-state index >= 15 is 0 Å². The van der Waals surface area contributed by atoms with E-state index in [-0.39, 0.29) is 10.7 Å². The first-order chi connectivity index (χ1) is 13.8. The lowest BCUT2D eigenvalue weighted by Gasteiger charge is -2.29. The number of carboxylic acid groups (broad SMARTS) is 1. The zero-order valence-corrected chi connectivity index (χ0v) is 16.5. The lowest BCUT2D eigenvalue weighted by atomic mass is 10.1. The Balaban J connectivity index is 1.86. The summed E-state index contributed by atoms with van der Waals surface area (Å²) in [5.74, 6) is -1.82. The molecule has 0 unspecified atom stereocenters. The minimum Gasteiger partial charge on any atom is -0.479 e. The maximum Gasteiger partial charge on any atom is 0.344 e. The van der Waals surface area contributed by atoms with Crippen LogP contribution >= 0.6 is 12.2 Å². The highest BCUT2D eigenvalue weighted by atomic mass is 32.1. The van der Waals surface area contributed by atoms with Crippen molar-refractivity contribution in [2.45, 2.75) is 20.0 Å². The van der Waals surface area contributed by atoms with Gasteiger partial charge in [0.1, 0.15) is 11.3 Å². The first-order valence-corrected chi connectivity index (χ1v) is 9.15. The number of carbonyl (C=O) groups is 3. The summed E-state index contributed by atoms with van der Waals surface area (Å²) in [6.45, 7) is 3.35. The van der Waals surface area contributed by atoms with Gasteiger partial charge >= 0.3 is 5.97 Å².